The summed E-state index contributed by atoms with van der Waals surface area (Å²) >= 11 is 1.75. The van der Waals surface area contributed by atoms with Crippen LogP contribution in [0.5, 0.6) is 0 Å². The summed E-state index contributed by atoms with van der Waals surface area (Å²) in [6, 6.07) is 69.9. The van der Waals surface area contributed by atoms with Crippen LogP contribution in [-0.2, 0) is 0 Å². The van der Waals surface area contributed by atoms with Crippen LogP contribution in [0.1, 0.15) is 6.85 Å². The van der Waals surface area contributed by atoms with Crippen molar-refractivity contribution in [3.63, 3.8) is 0 Å². The van der Waals surface area contributed by atoms with Crippen molar-refractivity contribution in [2.45, 2.75) is 0 Å². The van der Waals surface area contributed by atoms with Crippen molar-refractivity contribution in [1.29, 1.82) is 0 Å². The van der Waals surface area contributed by atoms with Gasteiger partial charge in [0.25, 0.3) is 0 Å². The molecule has 5 nitrogen and oxygen atoms in total. The Morgan fingerprint density at radius 2 is 0.972 bits per heavy atom. The fraction of sp³-hybridized carbons (Fsp3) is 0. The minimum Gasteiger partial charge on any atom is -0.455 e. The van der Waals surface area contributed by atoms with Crippen LogP contribution in [0.4, 0.5) is 17.1 Å². The Kier molecular flexibility index (Phi) is 8.47. The highest BCUT2D eigenvalue weighted by Crippen LogP contribution is 2.45. The summed E-state index contributed by atoms with van der Waals surface area (Å²) < 4.78 is 52.9. The number of benzene rings is 11. The van der Waals surface area contributed by atoms with Gasteiger partial charge in [-0.1, -0.05) is 164 Å². The molecule has 0 aliphatic heterocycles. The van der Waals surface area contributed by atoms with Crippen molar-refractivity contribution in [3.8, 4) is 56.4 Å². The molecule has 14 aromatic rings. The molecule has 0 aliphatic rings. The Bertz CT molecular complexity index is 4640. The number of anilines is 3. The second-order valence-electron chi connectivity index (χ2n) is 17.5. The van der Waals surface area contributed by atoms with E-state index in [1.54, 1.807) is 16.2 Å². The Morgan fingerprint density at radius 3 is 1.77 bits per heavy atom. The molecule has 0 spiro atoms. The molecule has 0 saturated carbocycles. The van der Waals surface area contributed by atoms with E-state index in [2.05, 4.69) is 127 Å². The second-order valence-corrected chi connectivity index (χ2v) is 18.6. The van der Waals surface area contributed by atoms with Crippen molar-refractivity contribution in [2.75, 3.05) is 4.90 Å². The van der Waals surface area contributed by atoms with Crippen LogP contribution in [-0.4, -0.2) is 15.0 Å². The molecule has 0 saturated heterocycles. The van der Waals surface area contributed by atoms with Crippen LogP contribution >= 0.6 is 11.3 Å². The number of rotatable bonds is 8. The first-order valence-electron chi connectivity index (χ1n) is 25.9. The highest BCUT2D eigenvalue weighted by molar-refractivity contribution is 7.25. The number of fused-ring (bicyclic) bond motifs is 9. The first-order valence-corrected chi connectivity index (χ1v) is 24.2. The molecule has 3 aromatic heterocycles. The minimum absolute atomic E-state index is 0.0205. The third-order valence-electron chi connectivity index (χ3n) is 13.4. The molecule has 0 radical (unpaired) electrons. The zero-order chi connectivity index (χ0) is 51.2. The normalized spacial score (nSPS) is 12.6. The van der Waals surface area contributed by atoms with Crippen LogP contribution in [0.15, 0.2) is 247 Å². The number of thiophene rings is 1. The smallest absolute Gasteiger partial charge is 0.164 e. The fourth-order valence-electron chi connectivity index (χ4n) is 10.1. The van der Waals surface area contributed by atoms with Gasteiger partial charge in [0.15, 0.2) is 17.5 Å². The van der Waals surface area contributed by atoms with Crippen molar-refractivity contribution in [1.82, 2.24) is 15.0 Å². The Labute approximate surface area is 420 Å². The van der Waals surface area contributed by atoms with E-state index < -0.39 is 18.1 Å². The predicted octanol–water partition coefficient (Wildman–Crippen LogP) is 18.3. The predicted molar refractivity (Wildman–Crippen MR) is 297 cm³/mol. The van der Waals surface area contributed by atoms with Gasteiger partial charge in [-0.3, -0.25) is 0 Å². The lowest BCUT2D eigenvalue weighted by molar-refractivity contribution is 0.672. The van der Waals surface area contributed by atoms with E-state index in [4.69, 9.17) is 26.2 Å². The molecule has 0 fully saturated rings. The van der Waals surface area contributed by atoms with Crippen LogP contribution in [0.3, 0.4) is 0 Å². The molecule has 3 heterocycles. The molecule has 0 atom stereocenters. The highest BCUT2D eigenvalue weighted by atomic mass is 32.1. The van der Waals surface area contributed by atoms with Crippen molar-refractivity contribution < 1.29 is 11.3 Å². The number of furan rings is 1. The summed E-state index contributed by atoms with van der Waals surface area (Å²) in [5.74, 6) is 1.28. The molecule has 0 bridgehead atoms. The lowest BCUT2D eigenvalue weighted by Crippen LogP contribution is -2.10. The van der Waals surface area contributed by atoms with Gasteiger partial charge < -0.3 is 9.32 Å². The van der Waals surface area contributed by atoms with Crippen LogP contribution in [0.2, 0.25) is 0 Å². The van der Waals surface area contributed by atoms with E-state index in [0.29, 0.717) is 40.0 Å². The molecule has 0 aliphatic carbocycles. The van der Waals surface area contributed by atoms with Crippen LogP contribution in [0.25, 0.3) is 120 Å². The van der Waals surface area contributed by atoms with Gasteiger partial charge in [0.05, 0.1) is 6.85 Å². The molecule has 332 valence electrons. The quantitative estimate of drug-likeness (QED) is 0.152. The van der Waals surface area contributed by atoms with Gasteiger partial charge in [-0.25, -0.2) is 15.0 Å². The van der Waals surface area contributed by atoms with E-state index >= 15 is 0 Å². The third kappa shape index (κ3) is 7.03. The lowest BCUT2D eigenvalue weighted by Gasteiger charge is -2.25. The van der Waals surface area contributed by atoms with Crippen molar-refractivity contribution >= 4 is 92.1 Å². The highest BCUT2D eigenvalue weighted by Gasteiger charge is 2.22. The summed E-state index contributed by atoms with van der Waals surface area (Å²) in [4.78, 5) is 17.7. The summed E-state index contributed by atoms with van der Waals surface area (Å²) in [6.45, 7) is 0. The first kappa shape index (κ1) is 35.8. The molecule has 6 heteroatoms. The SMILES string of the molecule is [2H]c1c([2H])c([2H])c(N(c2ccccc2)c2cccc(-c3nc(-c4ccc5sc6ccc(-c7cccc8ccccc78)cc6c5c4)nc(-c4cccc5oc6c7ccccc7c(-c7ccccc7)cc6c45)n3)c2)c([2H])c1[2H]. The van der Waals surface area contributed by atoms with Gasteiger partial charge in [-0.2, -0.15) is 0 Å². The summed E-state index contributed by atoms with van der Waals surface area (Å²) in [7, 11) is 0. The van der Waals surface area contributed by atoms with Gasteiger partial charge in [-0.15, -0.1) is 11.3 Å². The van der Waals surface area contributed by atoms with E-state index in [0.717, 1.165) is 70.4 Å². The lowest BCUT2D eigenvalue weighted by atomic mass is 9.94. The Morgan fingerprint density at radius 1 is 0.380 bits per heavy atom. The number of nitrogens with zero attached hydrogens (tertiary/aromatic N) is 4. The topological polar surface area (TPSA) is 55.1 Å². The molecular weight excluding hydrogens is 885 g/mol. The monoisotopic (exact) mass is 929 g/mol. The van der Waals surface area contributed by atoms with Gasteiger partial charge in [-0.05, 0) is 117 Å². The molecule has 11 aromatic carbocycles. The summed E-state index contributed by atoms with van der Waals surface area (Å²) in [6.07, 6.45) is 0. The summed E-state index contributed by atoms with van der Waals surface area (Å²) in [5, 5.41) is 8.49. The fourth-order valence-corrected chi connectivity index (χ4v) is 11.2. The van der Waals surface area contributed by atoms with Crippen LogP contribution in [0, 0.1) is 0 Å². The van der Waals surface area contributed by atoms with Gasteiger partial charge in [0, 0.05) is 70.1 Å². The van der Waals surface area contributed by atoms with Gasteiger partial charge >= 0.3 is 0 Å². The van der Waals surface area contributed by atoms with Crippen molar-refractivity contribution in [2.24, 2.45) is 0 Å². The maximum absolute atomic E-state index is 9.07. The van der Waals surface area contributed by atoms with Gasteiger partial charge in [0.1, 0.15) is 11.2 Å². The zero-order valence-corrected chi connectivity index (χ0v) is 38.6. The maximum atomic E-state index is 9.07. The molecular formula is C65H40N4OS. The number of hydrogen-bond acceptors (Lipinski definition) is 6. The Balaban J connectivity index is 0.998. The second kappa shape index (κ2) is 16.8. The largest absolute Gasteiger partial charge is 0.455 e. The van der Waals surface area contributed by atoms with Gasteiger partial charge in [0.2, 0.25) is 0 Å². The van der Waals surface area contributed by atoms with Crippen molar-refractivity contribution in [3.05, 3.63) is 243 Å². The number of hydrogen-bond donors (Lipinski definition) is 0. The average molecular weight is 930 g/mol. The third-order valence-corrected chi connectivity index (χ3v) is 14.5. The molecule has 14 rings (SSSR count). The zero-order valence-electron chi connectivity index (χ0n) is 42.8. The maximum Gasteiger partial charge on any atom is 0.164 e. The Hall–Kier alpha value is -9.23. The molecule has 0 unspecified atom stereocenters. The molecule has 0 amide bonds. The van der Waals surface area contributed by atoms with E-state index in [9.17, 15) is 0 Å². The minimum atomic E-state index is -0.463. The number of para-hydroxylation sites is 2. The number of aromatic nitrogens is 3. The van der Waals surface area contributed by atoms with E-state index in [-0.39, 0.29) is 17.8 Å². The molecule has 0 N–H and O–H groups in total. The summed E-state index contributed by atoms with van der Waals surface area (Å²) in [5.41, 5.74) is 9.30. The standard InChI is InChI=1S/C65H40N4OS/c1-4-17-42(18-5-1)54-40-57-61-53(31-16-32-58(61)70-62(57)52-29-13-12-28-51(52)54)65-67-63(44-21-14-26-48(37-44)69(46-22-6-2-7-23-46)47-24-8-3-9-25-47)66-64(68-65)45-34-36-60-56(39-45)55-38-43(33-35-59(55)71-60)50-30-15-20-41-19-10-11-27-49(41)50/h1-40H/i2D,6D,7D,22D,23D. The van der Waals surface area contributed by atoms with E-state index in [1.165, 1.54) is 21.0 Å². The first-order chi connectivity index (χ1) is 37.3. The van der Waals surface area contributed by atoms with E-state index in [1.807, 2.05) is 84.9 Å². The average Bonchev–Trinajstić information content (AvgIpc) is 4.10. The molecule has 71 heavy (non-hydrogen) atoms. The van der Waals surface area contributed by atoms with Crippen LogP contribution < -0.4 is 4.90 Å².